The van der Waals surface area contributed by atoms with Gasteiger partial charge < -0.3 is 4.74 Å². The zero-order valence-corrected chi connectivity index (χ0v) is 12.1. The van der Waals surface area contributed by atoms with Crippen molar-refractivity contribution in [3.05, 3.63) is 59.7 Å². The molecule has 4 nitrogen and oxygen atoms in total. The lowest BCUT2D eigenvalue weighted by molar-refractivity contribution is 0.0601. The number of ether oxygens (including phenoxy) is 1. The van der Waals surface area contributed by atoms with E-state index >= 15 is 0 Å². The Morgan fingerprint density at radius 2 is 1.95 bits per heavy atom. The van der Waals surface area contributed by atoms with Crippen molar-refractivity contribution in [2.75, 3.05) is 7.11 Å². The van der Waals surface area contributed by atoms with E-state index in [4.69, 9.17) is 0 Å². The summed E-state index contributed by atoms with van der Waals surface area (Å²) in [6.45, 7) is 0. The van der Waals surface area contributed by atoms with E-state index in [2.05, 4.69) is 14.7 Å². The van der Waals surface area contributed by atoms with Gasteiger partial charge in [-0.1, -0.05) is 12.1 Å². The van der Waals surface area contributed by atoms with Crippen LogP contribution in [0.3, 0.4) is 0 Å². The highest BCUT2D eigenvalue weighted by atomic mass is 32.1. The Morgan fingerprint density at radius 3 is 2.62 bits per heavy atom. The van der Waals surface area contributed by atoms with E-state index in [0.717, 1.165) is 21.8 Å². The molecule has 3 rings (SSSR count). The SMILES string of the molecule is COC(=O)c1ccc(-c2nc(-c3cccnc3)cs2)cc1. The molecular formula is C16H12N2O2S. The summed E-state index contributed by atoms with van der Waals surface area (Å²) in [7, 11) is 1.37. The molecule has 21 heavy (non-hydrogen) atoms. The lowest BCUT2D eigenvalue weighted by Crippen LogP contribution is -2.00. The van der Waals surface area contributed by atoms with Gasteiger partial charge in [0.15, 0.2) is 0 Å². The van der Waals surface area contributed by atoms with Crippen LogP contribution in [0.4, 0.5) is 0 Å². The van der Waals surface area contributed by atoms with Crippen molar-refractivity contribution in [2.45, 2.75) is 0 Å². The van der Waals surface area contributed by atoms with Crippen molar-refractivity contribution in [2.24, 2.45) is 0 Å². The lowest BCUT2D eigenvalue weighted by atomic mass is 10.1. The maximum Gasteiger partial charge on any atom is 0.337 e. The molecule has 0 fully saturated rings. The normalized spacial score (nSPS) is 10.3. The van der Waals surface area contributed by atoms with E-state index in [-0.39, 0.29) is 5.97 Å². The third-order valence-corrected chi connectivity index (χ3v) is 3.91. The zero-order chi connectivity index (χ0) is 14.7. The van der Waals surface area contributed by atoms with E-state index in [1.54, 1.807) is 35.9 Å². The molecule has 0 saturated heterocycles. The molecule has 0 radical (unpaired) electrons. The number of pyridine rings is 1. The lowest BCUT2D eigenvalue weighted by Gasteiger charge is -2.00. The highest BCUT2D eigenvalue weighted by Gasteiger charge is 2.09. The van der Waals surface area contributed by atoms with Gasteiger partial charge in [-0.25, -0.2) is 9.78 Å². The van der Waals surface area contributed by atoms with Crippen LogP contribution in [0.25, 0.3) is 21.8 Å². The Bertz CT molecular complexity index is 751. The molecule has 0 aliphatic rings. The molecule has 1 aromatic carbocycles. The number of benzene rings is 1. The Labute approximate surface area is 126 Å². The van der Waals surface area contributed by atoms with Crippen LogP contribution < -0.4 is 0 Å². The summed E-state index contributed by atoms with van der Waals surface area (Å²) >= 11 is 1.56. The highest BCUT2D eigenvalue weighted by molar-refractivity contribution is 7.13. The fraction of sp³-hybridized carbons (Fsp3) is 0.0625. The number of aromatic nitrogens is 2. The van der Waals surface area contributed by atoms with Gasteiger partial charge in [-0.15, -0.1) is 11.3 Å². The Hall–Kier alpha value is -2.53. The predicted octanol–water partition coefficient (Wildman–Crippen LogP) is 3.66. The number of rotatable bonds is 3. The van der Waals surface area contributed by atoms with Crippen LogP contribution in [0.2, 0.25) is 0 Å². The van der Waals surface area contributed by atoms with E-state index in [0.29, 0.717) is 5.56 Å². The molecule has 0 spiro atoms. The summed E-state index contributed by atoms with van der Waals surface area (Å²) in [4.78, 5) is 20.1. The number of esters is 1. The Balaban J connectivity index is 1.88. The molecule has 0 aliphatic carbocycles. The number of carbonyl (C=O) groups is 1. The number of hydrogen-bond donors (Lipinski definition) is 0. The Kier molecular flexibility index (Phi) is 3.75. The first kappa shape index (κ1) is 13.5. The highest BCUT2D eigenvalue weighted by Crippen LogP contribution is 2.28. The van der Waals surface area contributed by atoms with Crippen LogP contribution >= 0.6 is 11.3 Å². The fourth-order valence-corrected chi connectivity index (χ4v) is 2.76. The summed E-state index contributed by atoms with van der Waals surface area (Å²) in [6, 6.07) is 11.1. The van der Waals surface area contributed by atoms with E-state index in [1.807, 2.05) is 29.6 Å². The van der Waals surface area contributed by atoms with Gasteiger partial charge in [0.2, 0.25) is 0 Å². The third-order valence-electron chi connectivity index (χ3n) is 3.01. The van der Waals surface area contributed by atoms with Crippen LogP contribution in [0, 0.1) is 0 Å². The smallest absolute Gasteiger partial charge is 0.337 e. The maximum absolute atomic E-state index is 11.4. The first-order valence-electron chi connectivity index (χ1n) is 6.32. The van der Waals surface area contributed by atoms with Crippen LogP contribution in [0.5, 0.6) is 0 Å². The summed E-state index contributed by atoms with van der Waals surface area (Å²) in [5.41, 5.74) is 3.40. The molecule has 2 aromatic heterocycles. The van der Waals surface area contributed by atoms with E-state index in [9.17, 15) is 4.79 Å². The third kappa shape index (κ3) is 2.83. The van der Waals surface area contributed by atoms with Gasteiger partial charge in [-0.05, 0) is 24.3 Å². The number of nitrogens with zero attached hydrogens (tertiary/aromatic N) is 2. The van der Waals surface area contributed by atoms with E-state index < -0.39 is 0 Å². The molecule has 0 bridgehead atoms. The van der Waals surface area contributed by atoms with Gasteiger partial charge in [0.1, 0.15) is 5.01 Å². The molecule has 5 heteroatoms. The second-order valence-electron chi connectivity index (χ2n) is 4.35. The minimum absolute atomic E-state index is 0.336. The topological polar surface area (TPSA) is 52.1 Å². The van der Waals surface area contributed by atoms with Crippen LogP contribution in [-0.4, -0.2) is 23.0 Å². The van der Waals surface area contributed by atoms with Gasteiger partial charge in [-0.2, -0.15) is 0 Å². The van der Waals surface area contributed by atoms with Gasteiger partial charge in [-0.3, -0.25) is 4.98 Å². The zero-order valence-electron chi connectivity index (χ0n) is 11.3. The largest absolute Gasteiger partial charge is 0.465 e. The molecule has 0 N–H and O–H groups in total. The number of methoxy groups -OCH3 is 1. The molecule has 0 unspecified atom stereocenters. The molecule has 2 heterocycles. The number of thiazole rings is 1. The van der Waals surface area contributed by atoms with Crippen molar-refractivity contribution in [1.29, 1.82) is 0 Å². The second-order valence-corrected chi connectivity index (χ2v) is 5.21. The first-order valence-corrected chi connectivity index (χ1v) is 7.20. The summed E-state index contributed by atoms with van der Waals surface area (Å²) in [5.74, 6) is -0.336. The number of hydrogen-bond acceptors (Lipinski definition) is 5. The second kappa shape index (κ2) is 5.85. The quantitative estimate of drug-likeness (QED) is 0.692. The molecule has 0 saturated carbocycles. The van der Waals surface area contributed by atoms with Crippen molar-refractivity contribution in [3.63, 3.8) is 0 Å². The van der Waals surface area contributed by atoms with Crippen LogP contribution in [-0.2, 0) is 4.74 Å². The molecular weight excluding hydrogens is 284 g/mol. The van der Waals surface area contributed by atoms with Gasteiger partial charge in [0.05, 0.1) is 18.4 Å². The molecule has 104 valence electrons. The van der Waals surface area contributed by atoms with Crippen molar-refractivity contribution in [3.8, 4) is 21.8 Å². The average molecular weight is 296 g/mol. The summed E-state index contributed by atoms with van der Waals surface area (Å²) < 4.78 is 4.68. The fourth-order valence-electron chi connectivity index (χ4n) is 1.92. The first-order chi connectivity index (χ1) is 10.3. The van der Waals surface area contributed by atoms with Crippen LogP contribution in [0.1, 0.15) is 10.4 Å². The monoisotopic (exact) mass is 296 g/mol. The van der Waals surface area contributed by atoms with Crippen molar-refractivity contribution < 1.29 is 9.53 Å². The predicted molar refractivity (Wildman–Crippen MR) is 82.1 cm³/mol. The molecule has 0 amide bonds. The minimum atomic E-state index is -0.336. The molecule has 0 aliphatic heterocycles. The molecule has 0 atom stereocenters. The van der Waals surface area contributed by atoms with E-state index in [1.165, 1.54) is 7.11 Å². The number of carbonyl (C=O) groups excluding carboxylic acids is 1. The average Bonchev–Trinajstić information content (AvgIpc) is 3.05. The van der Waals surface area contributed by atoms with Gasteiger partial charge in [0.25, 0.3) is 0 Å². The van der Waals surface area contributed by atoms with Crippen LogP contribution in [0.15, 0.2) is 54.2 Å². The van der Waals surface area contributed by atoms with Gasteiger partial charge in [0, 0.05) is 28.9 Å². The Morgan fingerprint density at radius 1 is 1.14 bits per heavy atom. The molecule has 3 aromatic rings. The maximum atomic E-state index is 11.4. The van der Waals surface area contributed by atoms with Gasteiger partial charge >= 0.3 is 5.97 Å². The standard InChI is InChI=1S/C16H12N2O2S/c1-20-16(19)12-6-4-11(5-7-12)15-18-14(10-21-15)13-3-2-8-17-9-13/h2-10H,1H3. The summed E-state index contributed by atoms with van der Waals surface area (Å²) in [5, 5.41) is 2.91. The van der Waals surface area contributed by atoms with Crippen molar-refractivity contribution in [1.82, 2.24) is 9.97 Å². The summed E-state index contributed by atoms with van der Waals surface area (Å²) in [6.07, 6.45) is 3.53. The van der Waals surface area contributed by atoms with Crippen molar-refractivity contribution >= 4 is 17.3 Å². The minimum Gasteiger partial charge on any atom is -0.465 e.